The number of hydrogen-bond donors (Lipinski definition) is 0. The first-order valence-electron chi connectivity index (χ1n) is 6.44. The van der Waals surface area contributed by atoms with Crippen molar-refractivity contribution in [2.45, 2.75) is 33.6 Å². The molecule has 0 bridgehead atoms. The molecule has 2 aromatic rings. The van der Waals surface area contributed by atoms with Gasteiger partial charge in [0.1, 0.15) is 0 Å². The molecule has 0 aliphatic carbocycles. The van der Waals surface area contributed by atoms with Gasteiger partial charge < -0.3 is 0 Å². The van der Waals surface area contributed by atoms with Crippen LogP contribution in [0.2, 0.25) is 0 Å². The minimum absolute atomic E-state index is 1.09. The lowest BCUT2D eigenvalue weighted by atomic mass is 9.90. The van der Waals surface area contributed by atoms with Crippen LogP contribution in [0.5, 0.6) is 0 Å². The molecular formula is C17H20. The lowest BCUT2D eigenvalue weighted by Gasteiger charge is -2.15. The van der Waals surface area contributed by atoms with Crippen LogP contribution in [-0.2, 0) is 12.8 Å². The Balaban J connectivity index is 2.67. The summed E-state index contributed by atoms with van der Waals surface area (Å²) in [5, 5.41) is 0. The fourth-order valence-corrected chi connectivity index (χ4v) is 2.48. The van der Waals surface area contributed by atoms with Crippen LogP contribution in [0.15, 0.2) is 42.5 Å². The highest BCUT2D eigenvalue weighted by Crippen LogP contribution is 2.30. The van der Waals surface area contributed by atoms with Crippen molar-refractivity contribution in [3.8, 4) is 11.1 Å². The summed E-state index contributed by atoms with van der Waals surface area (Å²) in [5.41, 5.74) is 7.12. The largest absolute Gasteiger partial charge is 0.0620 e. The Hall–Kier alpha value is -1.56. The monoisotopic (exact) mass is 224 g/mol. The van der Waals surface area contributed by atoms with Crippen molar-refractivity contribution in [2.24, 2.45) is 0 Å². The Labute approximate surface area is 104 Å². The minimum atomic E-state index is 1.09. The summed E-state index contributed by atoms with van der Waals surface area (Å²) in [5.74, 6) is 0. The van der Waals surface area contributed by atoms with Gasteiger partial charge in [-0.2, -0.15) is 0 Å². The van der Waals surface area contributed by atoms with Gasteiger partial charge in [-0.3, -0.25) is 0 Å². The van der Waals surface area contributed by atoms with E-state index in [4.69, 9.17) is 0 Å². The summed E-state index contributed by atoms with van der Waals surface area (Å²) in [6.45, 7) is 6.66. The molecule has 0 aromatic heterocycles. The number of rotatable bonds is 3. The molecule has 2 rings (SSSR count). The molecule has 0 aliphatic heterocycles. The zero-order valence-electron chi connectivity index (χ0n) is 11.0. The molecule has 0 heteroatoms. The lowest BCUT2D eigenvalue weighted by Crippen LogP contribution is -1.94. The summed E-state index contributed by atoms with van der Waals surface area (Å²) in [6, 6.07) is 15.4. The van der Waals surface area contributed by atoms with Crippen LogP contribution in [0.1, 0.15) is 30.5 Å². The Bertz CT molecular complexity index is 509. The van der Waals surface area contributed by atoms with Crippen molar-refractivity contribution in [1.82, 2.24) is 0 Å². The molecular weight excluding hydrogens is 204 g/mol. The maximum atomic E-state index is 2.25. The van der Waals surface area contributed by atoms with E-state index in [1.54, 1.807) is 0 Å². The van der Waals surface area contributed by atoms with Gasteiger partial charge in [-0.25, -0.2) is 0 Å². The van der Waals surface area contributed by atoms with Crippen LogP contribution >= 0.6 is 0 Å². The molecule has 0 unspecified atom stereocenters. The molecule has 0 amide bonds. The maximum Gasteiger partial charge on any atom is -0.0120 e. The summed E-state index contributed by atoms with van der Waals surface area (Å²) in [6.07, 6.45) is 2.18. The van der Waals surface area contributed by atoms with Crippen molar-refractivity contribution in [1.29, 1.82) is 0 Å². The molecule has 0 saturated heterocycles. The topological polar surface area (TPSA) is 0 Å². The van der Waals surface area contributed by atoms with Crippen molar-refractivity contribution in [2.75, 3.05) is 0 Å². The van der Waals surface area contributed by atoms with E-state index in [1.807, 2.05) is 0 Å². The maximum absolute atomic E-state index is 2.25. The van der Waals surface area contributed by atoms with Gasteiger partial charge >= 0.3 is 0 Å². The van der Waals surface area contributed by atoms with E-state index in [0.29, 0.717) is 0 Å². The van der Waals surface area contributed by atoms with Gasteiger partial charge in [-0.05, 0) is 47.6 Å². The van der Waals surface area contributed by atoms with E-state index in [-0.39, 0.29) is 0 Å². The van der Waals surface area contributed by atoms with E-state index in [0.717, 1.165) is 12.8 Å². The van der Waals surface area contributed by atoms with Crippen LogP contribution in [0, 0.1) is 6.92 Å². The van der Waals surface area contributed by atoms with Crippen LogP contribution in [0.4, 0.5) is 0 Å². The number of benzene rings is 2. The first-order valence-corrected chi connectivity index (χ1v) is 6.44. The van der Waals surface area contributed by atoms with Crippen LogP contribution in [0.3, 0.4) is 0 Å². The van der Waals surface area contributed by atoms with Gasteiger partial charge in [0.2, 0.25) is 0 Å². The van der Waals surface area contributed by atoms with Gasteiger partial charge in [0.15, 0.2) is 0 Å². The summed E-state index contributed by atoms with van der Waals surface area (Å²) < 4.78 is 0. The summed E-state index contributed by atoms with van der Waals surface area (Å²) >= 11 is 0. The molecule has 17 heavy (non-hydrogen) atoms. The Morgan fingerprint density at radius 2 is 1.41 bits per heavy atom. The molecule has 0 heterocycles. The minimum Gasteiger partial charge on any atom is -0.0620 e. The van der Waals surface area contributed by atoms with E-state index in [9.17, 15) is 0 Å². The van der Waals surface area contributed by atoms with E-state index < -0.39 is 0 Å². The number of aryl methyl sites for hydroxylation is 3. The first-order chi connectivity index (χ1) is 8.27. The molecule has 0 saturated carbocycles. The normalized spacial score (nSPS) is 10.5. The summed E-state index contributed by atoms with van der Waals surface area (Å²) in [7, 11) is 0. The standard InChI is InChI=1S/C17H20/c1-4-14-10-6-7-12-16(14)17-13(3)9-8-11-15(17)5-2/h6-12H,4-5H2,1-3H3. The highest BCUT2D eigenvalue weighted by molar-refractivity contribution is 5.73. The molecule has 0 aliphatic rings. The van der Waals surface area contributed by atoms with E-state index >= 15 is 0 Å². The van der Waals surface area contributed by atoms with Gasteiger partial charge in [0.05, 0.1) is 0 Å². The van der Waals surface area contributed by atoms with E-state index in [1.165, 1.54) is 27.8 Å². The predicted molar refractivity (Wildman–Crippen MR) is 75.4 cm³/mol. The van der Waals surface area contributed by atoms with Gasteiger partial charge in [-0.15, -0.1) is 0 Å². The van der Waals surface area contributed by atoms with Crippen LogP contribution in [-0.4, -0.2) is 0 Å². The predicted octanol–water partition coefficient (Wildman–Crippen LogP) is 4.79. The second-order valence-corrected chi connectivity index (χ2v) is 4.47. The van der Waals surface area contributed by atoms with Crippen LogP contribution < -0.4 is 0 Å². The number of hydrogen-bond acceptors (Lipinski definition) is 0. The van der Waals surface area contributed by atoms with Gasteiger partial charge in [0.25, 0.3) is 0 Å². The zero-order valence-corrected chi connectivity index (χ0v) is 11.0. The Morgan fingerprint density at radius 1 is 0.765 bits per heavy atom. The third kappa shape index (κ3) is 2.26. The second kappa shape index (κ2) is 5.18. The molecule has 0 atom stereocenters. The van der Waals surface area contributed by atoms with Crippen LogP contribution in [0.25, 0.3) is 11.1 Å². The van der Waals surface area contributed by atoms with E-state index in [2.05, 4.69) is 63.2 Å². The molecule has 0 radical (unpaired) electrons. The quantitative estimate of drug-likeness (QED) is 0.703. The molecule has 0 spiro atoms. The molecule has 88 valence electrons. The SMILES string of the molecule is CCc1ccccc1-c1c(C)cccc1CC. The van der Waals surface area contributed by atoms with Gasteiger partial charge in [0, 0.05) is 0 Å². The van der Waals surface area contributed by atoms with Crippen molar-refractivity contribution in [3.63, 3.8) is 0 Å². The highest BCUT2D eigenvalue weighted by Gasteiger charge is 2.09. The third-order valence-corrected chi connectivity index (χ3v) is 3.41. The highest BCUT2D eigenvalue weighted by atomic mass is 14.1. The molecule has 2 aromatic carbocycles. The van der Waals surface area contributed by atoms with Crippen molar-refractivity contribution >= 4 is 0 Å². The second-order valence-electron chi connectivity index (χ2n) is 4.47. The smallest absolute Gasteiger partial charge is 0.0120 e. The average molecular weight is 224 g/mol. The van der Waals surface area contributed by atoms with Crippen molar-refractivity contribution < 1.29 is 0 Å². The summed E-state index contributed by atoms with van der Waals surface area (Å²) in [4.78, 5) is 0. The third-order valence-electron chi connectivity index (χ3n) is 3.41. The molecule has 0 fully saturated rings. The molecule has 0 nitrogen and oxygen atoms in total. The fraction of sp³-hybridized carbons (Fsp3) is 0.294. The lowest BCUT2D eigenvalue weighted by molar-refractivity contribution is 1.11. The average Bonchev–Trinajstić information content (AvgIpc) is 2.38. The Morgan fingerprint density at radius 3 is 2.12 bits per heavy atom. The Kier molecular flexibility index (Phi) is 3.63. The zero-order chi connectivity index (χ0) is 12.3. The van der Waals surface area contributed by atoms with Gasteiger partial charge in [-0.1, -0.05) is 56.3 Å². The fourth-order valence-electron chi connectivity index (χ4n) is 2.48. The molecule has 0 N–H and O–H groups in total. The van der Waals surface area contributed by atoms with Crippen molar-refractivity contribution in [3.05, 3.63) is 59.2 Å². The first kappa shape index (κ1) is 11.9.